The van der Waals surface area contributed by atoms with E-state index in [9.17, 15) is 4.39 Å². The third kappa shape index (κ3) is 4.37. The summed E-state index contributed by atoms with van der Waals surface area (Å²) >= 11 is 3.37. The van der Waals surface area contributed by atoms with Gasteiger partial charge in [0.15, 0.2) is 0 Å². The minimum Gasteiger partial charge on any atom is -0.295 e. The molecule has 27 heavy (non-hydrogen) atoms. The van der Waals surface area contributed by atoms with Crippen LogP contribution in [0.4, 0.5) is 4.39 Å². The molecule has 0 atom stereocenters. The van der Waals surface area contributed by atoms with Crippen LogP contribution in [-0.4, -0.2) is 42.3 Å². The lowest BCUT2D eigenvalue weighted by Gasteiger charge is -2.33. The van der Waals surface area contributed by atoms with Gasteiger partial charge in [-0.2, -0.15) is 5.10 Å². The maximum absolute atomic E-state index is 13.8. The predicted molar refractivity (Wildman–Crippen MR) is 112 cm³/mol. The molecule has 0 bridgehead atoms. The first-order valence-electron chi connectivity index (χ1n) is 9.12. The highest BCUT2D eigenvalue weighted by Gasteiger charge is 2.16. The van der Waals surface area contributed by atoms with Crippen LogP contribution in [0, 0.1) is 5.82 Å². The second-order valence-corrected chi connectivity index (χ2v) is 7.69. The molecule has 0 N–H and O–H groups in total. The van der Waals surface area contributed by atoms with Gasteiger partial charge in [-0.25, -0.2) is 4.39 Å². The minimum atomic E-state index is -0.253. The van der Waals surface area contributed by atoms with Crippen molar-refractivity contribution >= 4 is 32.9 Å². The van der Waals surface area contributed by atoms with E-state index in [2.05, 4.69) is 68.4 Å². The number of benzene rings is 3. The molecule has 3 aromatic carbocycles. The lowest BCUT2D eigenvalue weighted by molar-refractivity contribution is 0.131. The Hall–Kier alpha value is -2.24. The Morgan fingerprint density at radius 3 is 2.59 bits per heavy atom. The van der Waals surface area contributed by atoms with Crippen molar-refractivity contribution in [2.75, 3.05) is 26.2 Å². The van der Waals surface area contributed by atoms with E-state index in [1.165, 1.54) is 22.4 Å². The van der Waals surface area contributed by atoms with Gasteiger partial charge in [-0.05, 0) is 34.5 Å². The third-order valence-corrected chi connectivity index (χ3v) is 5.43. The van der Waals surface area contributed by atoms with Gasteiger partial charge in [0, 0.05) is 42.8 Å². The van der Waals surface area contributed by atoms with Crippen molar-refractivity contribution in [2.45, 2.75) is 6.54 Å². The molecule has 0 saturated carbocycles. The Morgan fingerprint density at radius 1 is 0.963 bits per heavy atom. The summed E-state index contributed by atoms with van der Waals surface area (Å²) in [5.74, 6) is -0.253. The molecule has 4 rings (SSSR count). The van der Waals surface area contributed by atoms with Gasteiger partial charge in [0.05, 0.1) is 6.21 Å². The topological polar surface area (TPSA) is 18.8 Å². The van der Waals surface area contributed by atoms with Gasteiger partial charge in [0.1, 0.15) is 5.82 Å². The molecule has 1 fully saturated rings. The predicted octanol–water partition coefficient (Wildman–Crippen LogP) is 4.89. The molecule has 0 aromatic heterocycles. The zero-order chi connectivity index (χ0) is 18.6. The molecule has 1 aliphatic rings. The quantitative estimate of drug-likeness (QED) is 0.553. The fraction of sp³-hybridized carbons (Fsp3) is 0.227. The summed E-state index contributed by atoms with van der Waals surface area (Å²) in [4.78, 5) is 2.45. The van der Waals surface area contributed by atoms with E-state index in [-0.39, 0.29) is 5.82 Å². The van der Waals surface area contributed by atoms with Gasteiger partial charge in [0.25, 0.3) is 0 Å². The lowest BCUT2D eigenvalue weighted by atomic mass is 10.0. The standard InChI is InChI=1S/C22H21BrFN3/c23-20-8-9-22(24)19(14-20)15-25-27-12-10-26(11-13-27)16-18-6-3-5-17-4-1-2-7-21(17)18/h1-9,14-15H,10-13,16H2/b25-15-. The Kier molecular flexibility index (Phi) is 5.50. The number of fused-ring (bicyclic) bond motifs is 1. The van der Waals surface area contributed by atoms with Crippen molar-refractivity contribution in [1.82, 2.24) is 9.91 Å². The van der Waals surface area contributed by atoms with Crippen LogP contribution in [-0.2, 0) is 6.54 Å². The molecule has 0 spiro atoms. The number of hydrogen-bond donors (Lipinski definition) is 0. The molecule has 3 aromatic rings. The van der Waals surface area contributed by atoms with Crippen molar-refractivity contribution in [1.29, 1.82) is 0 Å². The van der Waals surface area contributed by atoms with E-state index in [1.54, 1.807) is 18.3 Å². The number of rotatable bonds is 4. The van der Waals surface area contributed by atoms with Crippen LogP contribution in [0.1, 0.15) is 11.1 Å². The summed E-state index contributed by atoms with van der Waals surface area (Å²) in [6, 6.07) is 19.9. The maximum atomic E-state index is 13.8. The SMILES string of the molecule is Fc1ccc(Br)cc1/C=N\N1CCN(Cc2cccc3ccccc23)CC1. The van der Waals surface area contributed by atoms with Crippen LogP contribution in [0.2, 0.25) is 0 Å². The zero-order valence-corrected chi connectivity index (χ0v) is 16.6. The van der Waals surface area contributed by atoms with Crippen LogP contribution >= 0.6 is 15.9 Å². The van der Waals surface area contributed by atoms with Crippen molar-refractivity contribution < 1.29 is 4.39 Å². The summed E-state index contributed by atoms with van der Waals surface area (Å²) in [6.07, 6.45) is 1.61. The van der Waals surface area contributed by atoms with E-state index < -0.39 is 0 Å². The Balaban J connectivity index is 1.37. The van der Waals surface area contributed by atoms with Gasteiger partial charge >= 0.3 is 0 Å². The van der Waals surface area contributed by atoms with Crippen molar-refractivity contribution in [2.24, 2.45) is 5.10 Å². The van der Waals surface area contributed by atoms with Gasteiger partial charge in [-0.3, -0.25) is 9.91 Å². The van der Waals surface area contributed by atoms with Crippen LogP contribution in [0.3, 0.4) is 0 Å². The van der Waals surface area contributed by atoms with Gasteiger partial charge in [0.2, 0.25) is 0 Å². The molecule has 3 nitrogen and oxygen atoms in total. The maximum Gasteiger partial charge on any atom is 0.132 e. The summed E-state index contributed by atoms with van der Waals surface area (Å²) in [5.41, 5.74) is 1.86. The second kappa shape index (κ2) is 8.19. The average molecular weight is 426 g/mol. The highest BCUT2D eigenvalue weighted by Crippen LogP contribution is 2.20. The van der Waals surface area contributed by atoms with Crippen LogP contribution in [0.25, 0.3) is 10.8 Å². The highest BCUT2D eigenvalue weighted by molar-refractivity contribution is 9.10. The molecular formula is C22H21BrFN3. The summed E-state index contributed by atoms with van der Waals surface area (Å²) in [5, 5.41) is 9.09. The number of hydrogen-bond acceptors (Lipinski definition) is 3. The smallest absolute Gasteiger partial charge is 0.132 e. The monoisotopic (exact) mass is 425 g/mol. The molecule has 1 saturated heterocycles. The average Bonchev–Trinajstić information content (AvgIpc) is 2.70. The molecule has 1 aliphatic heterocycles. The molecule has 0 amide bonds. The Morgan fingerprint density at radius 2 is 1.74 bits per heavy atom. The van der Waals surface area contributed by atoms with E-state index in [0.717, 1.165) is 37.2 Å². The number of nitrogens with zero attached hydrogens (tertiary/aromatic N) is 3. The van der Waals surface area contributed by atoms with Crippen LogP contribution in [0.15, 0.2) is 70.2 Å². The molecule has 1 heterocycles. The largest absolute Gasteiger partial charge is 0.295 e. The van der Waals surface area contributed by atoms with Crippen molar-refractivity contribution in [3.63, 3.8) is 0 Å². The first-order valence-corrected chi connectivity index (χ1v) is 9.91. The zero-order valence-electron chi connectivity index (χ0n) is 15.0. The van der Waals surface area contributed by atoms with E-state index in [0.29, 0.717) is 5.56 Å². The Bertz CT molecular complexity index is 959. The van der Waals surface area contributed by atoms with Crippen LogP contribution in [0.5, 0.6) is 0 Å². The summed E-state index contributed by atoms with van der Waals surface area (Å²) in [7, 11) is 0. The lowest BCUT2D eigenvalue weighted by Crippen LogP contribution is -2.43. The fourth-order valence-corrected chi connectivity index (χ4v) is 3.82. The van der Waals surface area contributed by atoms with Crippen molar-refractivity contribution in [3.05, 3.63) is 82.1 Å². The van der Waals surface area contributed by atoms with E-state index in [1.807, 2.05) is 5.01 Å². The van der Waals surface area contributed by atoms with Crippen LogP contribution < -0.4 is 0 Å². The van der Waals surface area contributed by atoms with E-state index in [4.69, 9.17) is 0 Å². The minimum absolute atomic E-state index is 0.253. The summed E-state index contributed by atoms with van der Waals surface area (Å²) < 4.78 is 14.7. The number of halogens is 2. The number of piperazine rings is 1. The first kappa shape index (κ1) is 18.1. The summed E-state index contributed by atoms with van der Waals surface area (Å²) in [6.45, 7) is 4.52. The van der Waals surface area contributed by atoms with Gasteiger partial charge in [-0.1, -0.05) is 58.4 Å². The van der Waals surface area contributed by atoms with Crippen molar-refractivity contribution in [3.8, 4) is 0 Å². The van der Waals surface area contributed by atoms with E-state index >= 15 is 0 Å². The molecule has 138 valence electrons. The second-order valence-electron chi connectivity index (χ2n) is 6.78. The molecule has 0 unspecified atom stereocenters. The van der Waals surface area contributed by atoms with Gasteiger partial charge < -0.3 is 0 Å². The van der Waals surface area contributed by atoms with Gasteiger partial charge in [-0.15, -0.1) is 0 Å². The number of hydrazone groups is 1. The molecule has 5 heteroatoms. The fourth-order valence-electron chi connectivity index (χ4n) is 3.44. The molecule has 0 aliphatic carbocycles. The molecular weight excluding hydrogens is 405 g/mol. The first-order chi connectivity index (χ1) is 13.2. The normalized spacial score (nSPS) is 15.7. The molecule has 0 radical (unpaired) electrons. The third-order valence-electron chi connectivity index (χ3n) is 4.94. The highest BCUT2D eigenvalue weighted by atomic mass is 79.9. The Labute approximate surface area is 167 Å².